The summed E-state index contributed by atoms with van der Waals surface area (Å²) in [7, 11) is 0. The van der Waals surface area contributed by atoms with Crippen LogP contribution in [0.5, 0.6) is 0 Å². The van der Waals surface area contributed by atoms with Crippen molar-refractivity contribution in [2.24, 2.45) is 0 Å². The quantitative estimate of drug-likeness (QED) is 0.734. The van der Waals surface area contributed by atoms with E-state index in [0.29, 0.717) is 0 Å². The van der Waals surface area contributed by atoms with Crippen LogP contribution in [-0.4, -0.2) is 0 Å². The first-order valence-corrected chi connectivity index (χ1v) is 5.35. The minimum absolute atomic E-state index is 0.735. The summed E-state index contributed by atoms with van der Waals surface area (Å²) in [6.07, 6.45) is 1.66. The van der Waals surface area contributed by atoms with E-state index in [9.17, 15) is 0 Å². The summed E-state index contributed by atoms with van der Waals surface area (Å²) in [6, 6.07) is 7.70. The standard InChI is InChI=1S/C11H8BrClO/c1-7-8(10-3-2-6-14-10)4-5-9(12)11(7)13/h2-6H,1H3. The average molecular weight is 272 g/mol. The summed E-state index contributed by atoms with van der Waals surface area (Å²) in [6.45, 7) is 1.98. The number of rotatable bonds is 1. The van der Waals surface area contributed by atoms with Crippen LogP contribution in [0.15, 0.2) is 39.4 Å². The second kappa shape index (κ2) is 3.79. The number of hydrogen-bond acceptors (Lipinski definition) is 1. The third kappa shape index (κ3) is 1.60. The predicted molar refractivity (Wildman–Crippen MR) is 61.6 cm³/mol. The molecule has 0 fully saturated rings. The zero-order valence-electron chi connectivity index (χ0n) is 7.55. The first-order valence-electron chi connectivity index (χ1n) is 4.18. The van der Waals surface area contributed by atoms with Crippen LogP contribution >= 0.6 is 27.5 Å². The maximum atomic E-state index is 6.11. The fourth-order valence-electron chi connectivity index (χ4n) is 1.35. The van der Waals surface area contributed by atoms with Gasteiger partial charge in [-0.2, -0.15) is 0 Å². The molecule has 0 aliphatic heterocycles. The number of furan rings is 1. The maximum Gasteiger partial charge on any atom is 0.134 e. The van der Waals surface area contributed by atoms with Gasteiger partial charge >= 0.3 is 0 Å². The Balaban J connectivity index is 2.61. The Morgan fingerprint density at radius 3 is 2.71 bits per heavy atom. The molecule has 1 nitrogen and oxygen atoms in total. The number of benzene rings is 1. The van der Waals surface area contributed by atoms with E-state index in [1.54, 1.807) is 6.26 Å². The van der Waals surface area contributed by atoms with Gasteiger partial charge in [-0.3, -0.25) is 0 Å². The van der Waals surface area contributed by atoms with Crippen molar-refractivity contribution in [2.45, 2.75) is 6.92 Å². The number of halogens is 2. The van der Waals surface area contributed by atoms with Gasteiger partial charge in [0.1, 0.15) is 5.76 Å². The molecule has 0 unspecified atom stereocenters. The van der Waals surface area contributed by atoms with Crippen LogP contribution in [0, 0.1) is 6.92 Å². The van der Waals surface area contributed by atoms with Gasteiger partial charge in [-0.1, -0.05) is 11.6 Å². The Kier molecular flexibility index (Phi) is 2.66. The zero-order chi connectivity index (χ0) is 10.1. The highest BCUT2D eigenvalue weighted by Crippen LogP contribution is 2.33. The largest absolute Gasteiger partial charge is 0.464 e. The third-order valence-corrected chi connectivity index (χ3v) is 3.50. The van der Waals surface area contributed by atoms with E-state index in [4.69, 9.17) is 16.0 Å². The van der Waals surface area contributed by atoms with Crippen LogP contribution in [0.3, 0.4) is 0 Å². The molecule has 0 aliphatic rings. The van der Waals surface area contributed by atoms with E-state index in [1.807, 2.05) is 31.2 Å². The van der Waals surface area contributed by atoms with E-state index < -0.39 is 0 Å². The molecular weight excluding hydrogens is 263 g/mol. The van der Waals surface area contributed by atoms with Crippen molar-refractivity contribution in [3.05, 3.63) is 45.6 Å². The molecule has 0 N–H and O–H groups in total. The van der Waals surface area contributed by atoms with Crippen LogP contribution < -0.4 is 0 Å². The van der Waals surface area contributed by atoms with E-state index >= 15 is 0 Å². The molecule has 14 heavy (non-hydrogen) atoms. The molecule has 1 aromatic carbocycles. The molecule has 3 heteroatoms. The normalized spacial score (nSPS) is 10.5. The number of hydrogen-bond donors (Lipinski definition) is 0. The Morgan fingerprint density at radius 2 is 2.07 bits per heavy atom. The van der Waals surface area contributed by atoms with Gasteiger partial charge in [-0.05, 0) is 52.7 Å². The molecule has 0 aliphatic carbocycles. The molecule has 0 spiro atoms. The smallest absolute Gasteiger partial charge is 0.134 e. The lowest BCUT2D eigenvalue weighted by atomic mass is 10.1. The van der Waals surface area contributed by atoms with Gasteiger partial charge in [-0.15, -0.1) is 0 Å². The summed E-state index contributed by atoms with van der Waals surface area (Å²) < 4.78 is 6.23. The first-order chi connectivity index (χ1) is 6.70. The predicted octanol–water partition coefficient (Wildman–Crippen LogP) is 4.67. The lowest BCUT2D eigenvalue weighted by Gasteiger charge is -2.06. The minimum atomic E-state index is 0.735. The average Bonchev–Trinajstić information content (AvgIpc) is 2.67. The second-order valence-corrected chi connectivity index (χ2v) is 4.24. The molecular formula is C11H8BrClO. The van der Waals surface area contributed by atoms with E-state index in [2.05, 4.69) is 15.9 Å². The van der Waals surface area contributed by atoms with Crippen molar-refractivity contribution in [1.29, 1.82) is 0 Å². The Labute approximate surface area is 95.8 Å². The van der Waals surface area contributed by atoms with Gasteiger partial charge in [0.2, 0.25) is 0 Å². The van der Waals surface area contributed by atoms with Crippen molar-refractivity contribution in [3.63, 3.8) is 0 Å². The first kappa shape index (κ1) is 9.81. The van der Waals surface area contributed by atoms with Gasteiger partial charge in [0.05, 0.1) is 11.3 Å². The monoisotopic (exact) mass is 270 g/mol. The Hall–Kier alpha value is -0.730. The summed E-state index contributed by atoms with van der Waals surface area (Å²) in [5.41, 5.74) is 2.05. The fraction of sp³-hybridized carbons (Fsp3) is 0.0909. The zero-order valence-corrected chi connectivity index (χ0v) is 9.89. The SMILES string of the molecule is Cc1c(-c2ccco2)ccc(Br)c1Cl. The summed E-state index contributed by atoms with van der Waals surface area (Å²) in [4.78, 5) is 0. The Bertz CT molecular complexity index is 449. The van der Waals surface area contributed by atoms with Gasteiger partial charge < -0.3 is 4.42 Å². The van der Waals surface area contributed by atoms with Crippen molar-refractivity contribution in [1.82, 2.24) is 0 Å². The molecule has 1 heterocycles. The molecule has 0 atom stereocenters. The van der Waals surface area contributed by atoms with Crippen molar-refractivity contribution in [3.8, 4) is 11.3 Å². The lowest BCUT2D eigenvalue weighted by molar-refractivity contribution is 0.582. The van der Waals surface area contributed by atoms with Crippen LogP contribution in [0.1, 0.15) is 5.56 Å². The van der Waals surface area contributed by atoms with Gasteiger partial charge in [0, 0.05) is 10.0 Å². The second-order valence-electron chi connectivity index (χ2n) is 3.01. The maximum absolute atomic E-state index is 6.11. The van der Waals surface area contributed by atoms with E-state index in [-0.39, 0.29) is 0 Å². The topological polar surface area (TPSA) is 13.1 Å². The fourth-order valence-corrected chi connectivity index (χ4v) is 1.95. The third-order valence-electron chi connectivity index (χ3n) is 2.13. The molecule has 2 aromatic rings. The highest BCUT2D eigenvalue weighted by atomic mass is 79.9. The summed E-state index contributed by atoms with van der Waals surface area (Å²) in [5, 5.41) is 0.735. The molecule has 72 valence electrons. The van der Waals surface area contributed by atoms with Crippen molar-refractivity contribution >= 4 is 27.5 Å². The van der Waals surface area contributed by atoms with Crippen LogP contribution in [0.2, 0.25) is 5.02 Å². The van der Waals surface area contributed by atoms with Crippen LogP contribution in [-0.2, 0) is 0 Å². The van der Waals surface area contributed by atoms with Gasteiger partial charge in [-0.25, -0.2) is 0 Å². The van der Waals surface area contributed by atoms with E-state index in [1.165, 1.54) is 0 Å². The highest BCUT2D eigenvalue weighted by Gasteiger charge is 2.09. The lowest BCUT2D eigenvalue weighted by Crippen LogP contribution is -1.83. The summed E-state index contributed by atoms with van der Waals surface area (Å²) in [5.74, 6) is 0.844. The van der Waals surface area contributed by atoms with Crippen LogP contribution in [0.25, 0.3) is 11.3 Å². The van der Waals surface area contributed by atoms with Crippen molar-refractivity contribution < 1.29 is 4.42 Å². The molecule has 0 saturated heterocycles. The van der Waals surface area contributed by atoms with Crippen LogP contribution in [0.4, 0.5) is 0 Å². The summed E-state index contributed by atoms with van der Waals surface area (Å²) >= 11 is 9.49. The van der Waals surface area contributed by atoms with Gasteiger partial charge in [0.25, 0.3) is 0 Å². The van der Waals surface area contributed by atoms with E-state index in [0.717, 1.165) is 26.4 Å². The molecule has 0 amide bonds. The minimum Gasteiger partial charge on any atom is -0.464 e. The highest BCUT2D eigenvalue weighted by molar-refractivity contribution is 9.10. The molecule has 2 rings (SSSR count). The van der Waals surface area contributed by atoms with Gasteiger partial charge in [0.15, 0.2) is 0 Å². The molecule has 0 radical (unpaired) electrons. The molecule has 0 bridgehead atoms. The molecule has 1 aromatic heterocycles. The Morgan fingerprint density at radius 1 is 1.29 bits per heavy atom. The molecule has 0 saturated carbocycles. The van der Waals surface area contributed by atoms with Crippen molar-refractivity contribution in [2.75, 3.05) is 0 Å².